The number of carbonyl (C=O) groups is 2. The molecule has 3 heterocycles. The van der Waals surface area contributed by atoms with Gasteiger partial charge in [-0.05, 0) is 62.7 Å². The summed E-state index contributed by atoms with van der Waals surface area (Å²) in [6.07, 6.45) is 1.61. The van der Waals surface area contributed by atoms with Crippen LogP contribution in [0.1, 0.15) is 47.1 Å². The summed E-state index contributed by atoms with van der Waals surface area (Å²) in [7, 11) is 3.04. The van der Waals surface area contributed by atoms with Crippen LogP contribution in [0.2, 0.25) is 0 Å². The summed E-state index contributed by atoms with van der Waals surface area (Å²) in [5.41, 5.74) is 2.47. The molecule has 0 aliphatic carbocycles. The quantitative estimate of drug-likeness (QED) is 0.305. The van der Waals surface area contributed by atoms with Crippen molar-refractivity contribution in [1.82, 2.24) is 4.57 Å². The monoisotopic (exact) mass is 588 g/mol. The van der Waals surface area contributed by atoms with E-state index in [0.717, 1.165) is 16.9 Å². The fourth-order valence-corrected chi connectivity index (χ4v) is 5.88. The number of allylic oxidation sites excluding steroid dienone is 1. The average molecular weight is 589 g/mol. The molecule has 0 unspecified atom stereocenters. The number of thiazole rings is 1. The van der Waals surface area contributed by atoms with Crippen molar-refractivity contribution in [3.05, 3.63) is 102 Å². The number of nitrogens with zero attached hydrogens (tertiary/aromatic N) is 2. The van der Waals surface area contributed by atoms with Gasteiger partial charge in [0, 0.05) is 23.3 Å². The SMILES string of the molecule is CCOC(=O)C1=C(C)N=c2sc(=Cc3ccc(-c4cc(C(=O)O)ccc4C)o3)c(=O)n2[C@H]1c1ccc(OC)cc1OC. The molecule has 1 aliphatic heterocycles. The predicted molar refractivity (Wildman–Crippen MR) is 156 cm³/mol. The van der Waals surface area contributed by atoms with E-state index in [2.05, 4.69) is 4.99 Å². The average Bonchev–Trinajstić information content (AvgIpc) is 3.56. The normalized spacial score (nSPS) is 14.8. The zero-order valence-corrected chi connectivity index (χ0v) is 24.4. The number of hydrogen-bond donors (Lipinski definition) is 1. The lowest BCUT2D eigenvalue weighted by atomic mass is 9.95. The maximum Gasteiger partial charge on any atom is 0.338 e. The lowest BCUT2D eigenvalue weighted by Crippen LogP contribution is -2.40. The molecular formula is C31H28N2O8S. The first-order chi connectivity index (χ1) is 20.2. The number of aromatic nitrogens is 1. The Labute approximate surface area is 244 Å². The van der Waals surface area contributed by atoms with Gasteiger partial charge in [0.05, 0.1) is 42.2 Å². The second kappa shape index (κ2) is 11.5. The van der Waals surface area contributed by atoms with Crippen LogP contribution in [0.15, 0.2) is 74.0 Å². The molecule has 2 aromatic carbocycles. The molecule has 0 bridgehead atoms. The molecule has 42 heavy (non-hydrogen) atoms. The maximum absolute atomic E-state index is 13.9. The highest BCUT2D eigenvalue weighted by atomic mass is 32.1. The van der Waals surface area contributed by atoms with E-state index in [-0.39, 0.29) is 23.3 Å². The van der Waals surface area contributed by atoms with Gasteiger partial charge in [-0.15, -0.1) is 0 Å². The standard InChI is InChI=1S/C31H28N2O8S/c1-6-40-30(37)26-17(3)32-31-33(27(26)21-11-9-19(38-4)14-24(21)39-5)28(34)25(42-31)15-20-10-12-23(41-20)22-13-18(29(35)36)8-7-16(22)2/h7-15,27H,6H2,1-5H3,(H,35,36)/t27-/m0/s1. The minimum Gasteiger partial charge on any atom is -0.497 e. The third kappa shape index (κ3) is 5.14. The van der Waals surface area contributed by atoms with Crippen molar-refractivity contribution in [2.24, 2.45) is 4.99 Å². The van der Waals surface area contributed by atoms with Crippen molar-refractivity contribution in [1.29, 1.82) is 0 Å². The molecule has 10 nitrogen and oxygen atoms in total. The van der Waals surface area contributed by atoms with Gasteiger partial charge in [0.1, 0.15) is 29.1 Å². The Hall–Kier alpha value is -4.90. The van der Waals surface area contributed by atoms with E-state index < -0.39 is 18.0 Å². The van der Waals surface area contributed by atoms with Gasteiger partial charge in [0.15, 0.2) is 4.80 Å². The summed E-state index contributed by atoms with van der Waals surface area (Å²) in [5.74, 6) is 0.237. The van der Waals surface area contributed by atoms with Crippen molar-refractivity contribution in [2.45, 2.75) is 26.8 Å². The molecule has 1 atom stereocenters. The van der Waals surface area contributed by atoms with Gasteiger partial charge in [-0.2, -0.15) is 0 Å². The molecule has 0 radical (unpaired) electrons. The number of carboxylic acids is 1. The lowest BCUT2D eigenvalue weighted by Gasteiger charge is -2.26. The highest BCUT2D eigenvalue weighted by molar-refractivity contribution is 7.07. The number of carbonyl (C=O) groups excluding carboxylic acids is 1. The van der Waals surface area contributed by atoms with Crippen LogP contribution in [0.5, 0.6) is 11.5 Å². The van der Waals surface area contributed by atoms with Crippen LogP contribution in [-0.2, 0) is 9.53 Å². The van der Waals surface area contributed by atoms with E-state index in [1.54, 1.807) is 62.4 Å². The van der Waals surface area contributed by atoms with Gasteiger partial charge in [-0.25, -0.2) is 14.6 Å². The Morgan fingerprint density at radius 3 is 2.57 bits per heavy atom. The first-order valence-corrected chi connectivity index (χ1v) is 13.8. The number of furan rings is 1. The molecule has 216 valence electrons. The summed E-state index contributed by atoms with van der Waals surface area (Å²) < 4.78 is 24.2. The minimum absolute atomic E-state index is 0.142. The fourth-order valence-electron chi connectivity index (χ4n) is 4.85. The predicted octanol–water partition coefficient (Wildman–Crippen LogP) is 4.08. The van der Waals surface area contributed by atoms with Gasteiger partial charge >= 0.3 is 11.9 Å². The zero-order valence-electron chi connectivity index (χ0n) is 23.6. The number of rotatable bonds is 8. The van der Waals surface area contributed by atoms with Crippen molar-refractivity contribution >= 4 is 29.4 Å². The number of esters is 1. The molecule has 0 fully saturated rings. The van der Waals surface area contributed by atoms with Crippen molar-refractivity contribution in [3.8, 4) is 22.8 Å². The van der Waals surface area contributed by atoms with E-state index in [1.807, 2.05) is 6.92 Å². The number of ether oxygens (including phenoxy) is 3. The summed E-state index contributed by atoms with van der Waals surface area (Å²) >= 11 is 1.16. The Balaban J connectivity index is 1.66. The molecule has 1 N–H and O–H groups in total. The molecule has 0 amide bonds. The van der Waals surface area contributed by atoms with E-state index in [1.165, 1.54) is 24.9 Å². The molecule has 0 saturated heterocycles. The molecule has 0 spiro atoms. The first-order valence-electron chi connectivity index (χ1n) is 13.0. The molecule has 11 heteroatoms. The Morgan fingerprint density at radius 1 is 1.10 bits per heavy atom. The number of aromatic carboxylic acids is 1. The third-order valence-electron chi connectivity index (χ3n) is 6.90. The summed E-state index contributed by atoms with van der Waals surface area (Å²) in [4.78, 5) is 43.6. The highest BCUT2D eigenvalue weighted by Crippen LogP contribution is 2.37. The Morgan fingerprint density at radius 2 is 1.88 bits per heavy atom. The molecule has 0 saturated carbocycles. The molecule has 1 aliphatic rings. The molecular weight excluding hydrogens is 560 g/mol. The van der Waals surface area contributed by atoms with Crippen molar-refractivity contribution < 1.29 is 33.3 Å². The zero-order chi connectivity index (χ0) is 30.1. The third-order valence-corrected chi connectivity index (χ3v) is 7.89. The van der Waals surface area contributed by atoms with Crippen LogP contribution >= 0.6 is 11.3 Å². The van der Waals surface area contributed by atoms with Crippen LogP contribution in [0, 0.1) is 6.92 Å². The van der Waals surface area contributed by atoms with Crippen molar-refractivity contribution in [3.63, 3.8) is 0 Å². The van der Waals surface area contributed by atoms with Crippen LogP contribution < -0.4 is 24.4 Å². The fraction of sp³-hybridized carbons (Fsp3) is 0.226. The highest BCUT2D eigenvalue weighted by Gasteiger charge is 2.35. The van der Waals surface area contributed by atoms with E-state index in [0.29, 0.717) is 49.2 Å². The van der Waals surface area contributed by atoms with Crippen molar-refractivity contribution in [2.75, 3.05) is 20.8 Å². The number of methoxy groups -OCH3 is 2. The van der Waals surface area contributed by atoms with E-state index in [9.17, 15) is 19.5 Å². The second-order valence-electron chi connectivity index (χ2n) is 9.45. The van der Waals surface area contributed by atoms with Gasteiger partial charge < -0.3 is 23.7 Å². The number of benzene rings is 2. The van der Waals surface area contributed by atoms with Crippen LogP contribution in [0.25, 0.3) is 17.4 Å². The number of carboxylic acid groups (broad SMARTS) is 1. The van der Waals surface area contributed by atoms with Crippen LogP contribution in [0.4, 0.5) is 0 Å². The maximum atomic E-state index is 13.9. The second-order valence-corrected chi connectivity index (χ2v) is 10.5. The lowest BCUT2D eigenvalue weighted by molar-refractivity contribution is -0.139. The summed E-state index contributed by atoms with van der Waals surface area (Å²) in [5, 5.41) is 9.39. The largest absolute Gasteiger partial charge is 0.497 e. The first kappa shape index (κ1) is 28.6. The molecule has 2 aromatic heterocycles. The molecule has 4 aromatic rings. The topological polar surface area (TPSA) is 130 Å². The number of aryl methyl sites for hydroxylation is 1. The smallest absolute Gasteiger partial charge is 0.338 e. The van der Waals surface area contributed by atoms with E-state index >= 15 is 0 Å². The van der Waals surface area contributed by atoms with Crippen LogP contribution in [0.3, 0.4) is 0 Å². The summed E-state index contributed by atoms with van der Waals surface area (Å²) in [6.45, 7) is 5.43. The Bertz CT molecular complexity index is 1930. The molecule has 5 rings (SSSR count). The number of fused-ring (bicyclic) bond motifs is 1. The number of hydrogen-bond acceptors (Lipinski definition) is 9. The summed E-state index contributed by atoms with van der Waals surface area (Å²) in [6, 6.07) is 12.6. The van der Waals surface area contributed by atoms with Gasteiger partial charge in [0.25, 0.3) is 5.56 Å². The van der Waals surface area contributed by atoms with E-state index in [4.69, 9.17) is 18.6 Å². The van der Waals surface area contributed by atoms with Crippen LogP contribution in [-0.4, -0.2) is 42.4 Å². The van der Waals surface area contributed by atoms with Gasteiger partial charge in [-0.1, -0.05) is 17.4 Å². The van der Waals surface area contributed by atoms with Gasteiger partial charge in [0.2, 0.25) is 0 Å². The van der Waals surface area contributed by atoms with Gasteiger partial charge in [-0.3, -0.25) is 9.36 Å². The minimum atomic E-state index is -1.04. The Kier molecular flexibility index (Phi) is 7.86.